The van der Waals surface area contributed by atoms with Crippen LogP contribution in [0.2, 0.25) is 0 Å². The number of pyridine rings is 1. The fourth-order valence-corrected chi connectivity index (χ4v) is 2.80. The maximum Gasteiger partial charge on any atom is 0.257 e. The molecule has 0 atom stereocenters. The molecular weight excluding hydrogens is 347 g/mol. The zero-order chi connectivity index (χ0) is 18.6. The van der Waals surface area contributed by atoms with Crippen LogP contribution in [0.25, 0.3) is 11.4 Å². The van der Waals surface area contributed by atoms with Crippen molar-refractivity contribution < 1.29 is 13.9 Å². The van der Waals surface area contributed by atoms with Crippen LogP contribution in [0.5, 0.6) is 0 Å². The molecule has 1 saturated heterocycles. The van der Waals surface area contributed by atoms with Crippen molar-refractivity contribution in [3.05, 3.63) is 78.1 Å². The van der Waals surface area contributed by atoms with Crippen molar-refractivity contribution in [2.24, 2.45) is 0 Å². The number of hydrogen-bond acceptors (Lipinski definition) is 5. The van der Waals surface area contributed by atoms with Crippen LogP contribution in [-0.4, -0.2) is 45.0 Å². The molecule has 1 aliphatic rings. The largest absolute Gasteiger partial charge is 0.370 e. The van der Waals surface area contributed by atoms with E-state index in [1.165, 1.54) is 18.5 Å². The van der Waals surface area contributed by atoms with E-state index in [1.54, 1.807) is 35.5 Å². The van der Waals surface area contributed by atoms with E-state index in [4.69, 9.17) is 4.74 Å². The van der Waals surface area contributed by atoms with Gasteiger partial charge in [0.1, 0.15) is 5.82 Å². The topological polar surface area (TPSA) is 68.2 Å². The summed E-state index contributed by atoms with van der Waals surface area (Å²) in [6.07, 6.45) is 6.29. The molecule has 0 spiro atoms. The molecule has 7 heteroatoms. The second kappa shape index (κ2) is 7.59. The van der Waals surface area contributed by atoms with Gasteiger partial charge in [0.05, 0.1) is 18.3 Å². The van der Waals surface area contributed by atoms with E-state index >= 15 is 0 Å². The fourth-order valence-electron chi connectivity index (χ4n) is 2.80. The number of halogens is 1. The Morgan fingerprint density at radius 2 is 1.81 bits per heavy atom. The summed E-state index contributed by atoms with van der Waals surface area (Å²) in [5, 5.41) is 0. The normalized spacial score (nSPS) is 14.0. The molecule has 0 aliphatic carbocycles. The van der Waals surface area contributed by atoms with Crippen LogP contribution in [0.1, 0.15) is 15.9 Å². The molecule has 1 aliphatic heterocycles. The molecule has 0 saturated carbocycles. The van der Waals surface area contributed by atoms with Gasteiger partial charge in [0.2, 0.25) is 0 Å². The summed E-state index contributed by atoms with van der Waals surface area (Å²) in [4.78, 5) is 26.6. The van der Waals surface area contributed by atoms with Gasteiger partial charge in [0.15, 0.2) is 5.82 Å². The number of likely N-dealkylation sites (tertiary alicyclic amines) is 1. The first-order chi connectivity index (χ1) is 13.2. The van der Waals surface area contributed by atoms with Crippen LogP contribution in [-0.2, 0) is 11.3 Å². The second-order valence-corrected chi connectivity index (χ2v) is 6.27. The van der Waals surface area contributed by atoms with Crippen LogP contribution in [0.15, 0.2) is 61.2 Å². The van der Waals surface area contributed by atoms with Gasteiger partial charge in [-0.25, -0.2) is 14.4 Å². The van der Waals surface area contributed by atoms with E-state index in [9.17, 15) is 9.18 Å². The molecule has 0 radical (unpaired) electrons. The Morgan fingerprint density at radius 3 is 2.52 bits per heavy atom. The third-order valence-corrected chi connectivity index (χ3v) is 4.40. The first-order valence-corrected chi connectivity index (χ1v) is 8.57. The summed E-state index contributed by atoms with van der Waals surface area (Å²) in [5.41, 5.74) is 1.79. The molecule has 6 nitrogen and oxygen atoms in total. The first-order valence-electron chi connectivity index (χ1n) is 8.57. The highest BCUT2D eigenvalue weighted by Gasteiger charge is 2.32. The third-order valence-electron chi connectivity index (χ3n) is 4.40. The van der Waals surface area contributed by atoms with E-state index in [-0.39, 0.29) is 24.4 Å². The number of benzene rings is 1. The number of carbonyl (C=O) groups excluding carboxylic acids is 1. The zero-order valence-electron chi connectivity index (χ0n) is 14.5. The Bertz CT molecular complexity index is 928. The highest BCUT2D eigenvalue weighted by atomic mass is 19.1. The number of aromatic nitrogens is 3. The van der Waals surface area contributed by atoms with E-state index < -0.39 is 0 Å². The molecule has 1 fully saturated rings. The van der Waals surface area contributed by atoms with Gasteiger partial charge < -0.3 is 9.64 Å². The lowest BCUT2D eigenvalue weighted by Crippen LogP contribution is -2.54. The minimum atomic E-state index is -0.281. The lowest BCUT2D eigenvalue weighted by Gasteiger charge is -2.38. The summed E-state index contributed by atoms with van der Waals surface area (Å²) >= 11 is 0. The van der Waals surface area contributed by atoms with Gasteiger partial charge in [-0.05, 0) is 18.2 Å². The van der Waals surface area contributed by atoms with Crippen molar-refractivity contribution in [1.82, 2.24) is 19.9 Å². The zero-order valence-corrected chi connectivity index (χ0v) is 14.5. The van der Waals surface area contributed by atoms with Gasteiger partial charge in [-0.1, -0.05) is 18.2 Å². The molecule has 2 aromatic heterocycles. The molecular formula is C20H17FN4O2. The van der Waals surface area contributed by atoms with Crippen molar-refractivity contribution in [3.8, 4) is 11.4 Å². The average molecular weight is 364 g/mol. The predicted octanol–water partition coefficient (Wildman–Crippen LogP) is 2.72. The van der Waals surface area contributed by atoms with Gasteiger partial charge in [0, 0.05) is 49.0 Å². The standard InChI is InChI=1S/C20H17FN4O2/c21-18-4-2-1-3-15(18)13-27-17-11-25(12-17)20(26)16-9-23-19(24-10-16)14-5-7-22-8-6-14/h1-10,17H,11-13H2. The second-order valence-electron chi connectivity index (χ2n) is 6.27. The van der Waals surface area contributed by atoms with E-state index in [0.29, 0.717) is 30.0 Å². The molecule has 136 valence electrons. The predicted molar refractivity (Wildman–Crippen MR) is 96.1 cm³/mol. The van der Waals surface area contributed by atoms with Crippen LogP contribution < -0.4 is 0 Å². The Balaban J connectivity index is 1.30. The molecule has 4 rings (SSSR count). The molecule has 3 heterocycles. The highest BCUT2D eigenvalue weighted by molar-refractivity contribution is 5.94. The number of rotatable bonds is 5. The summed E-state index contributed by atoms with van der Waals surface area (Å²) in [6, 6.07) is 10.1. The molecule has 1 amide bonds. The van der Waals surface area contributed by atoms with Gasteiger partial charge in [-0.2, -0.15) is 0 Å². The van der Waals surface area contributed by atoms with Crippen LogP contribution >= 0.6 is 0 Å². The van der Waals surface area contributed by atoms with Gasteiger partial charge in [-0.15, -0.1) is 0 Å². The van der Waals surface area contributed by atoms with Gasteiger partial charge in [0.25, 0.3) is 5.91 Å². The number of ether oxygens (including phenoxy) is 1. The lowest BCUT2D eigenvalue weighted by molar-refractivity contribution is -0.0510. The number of carbonyl (C=O) groups is 1. The van der Waals surface area contributed by atoms with Crippen molar-refractivity contribution in [2.75, 3.05) is 13.1 Å². The van der Waals surface area contributed by atoms with E-state index in [0.717, 1.165) is 5.56 Å². The van der Waals surface area contributed by atoms with Crippen molar-refractivity contribution >= 4 is 5.91 Å². The fraction of sp³-hybridized carbons (Fsp3) is 0.200. The molecule has 0 unspecified atom stereocenters. The van der Waals surface area contributed by atoms with Crippen molar-refractivity contribution in [1.29, 1.82) is 0 Å². The van der Waals surface area contributed by atoms with Crippen LogP contribution in [0.4, 0.5) is 4.39 Å². The van der Waals surface area contributed by atoms with E-state index in [2.05, 4.69) is 15.0 Å². The monoisotopic (exact) mass is 364 g/mol. The molecule has 0 N–H and O–H groups in total. The minimum absolute atomic E-state index is 0.0921. The molecule has 3 aromatic rings. The number of nitrogens with zero attached hydrogens (tertiary/aromatic N) is 4. The van der Waals surface area contributed by atoms with E-state index in [1.807, 2.05) is 12.1 Å². The first kappa shape index (κ1) is 17.2. The number of amides is 1. The summed E-state index contributed by atoms with van der Waals surface area (Å²) in [7, 11) is 0. The van der Waals surface area contributed by atoms with Gasteiger partial charge in [-0.3, -0.25) is 9.78 Å². The number of hydrogen-bond donors (Lipinski definition) is 0. The van der Waals surface area contributed by atoms with Gasteiger partial charge >= 0.3 is 0 Å². The maximum atomic E-state index is 13.6. The van der Waals surface area contributed by atoms with Crippen molar-refractivity contribution in [2.45, 2.75) is 12.7 Å². The summed E-state index contributed by atoms with van der Waals surface area (Å²) in [6.45, 7) is 1.14. The Kier molecular flexibility index (Phi) is 4.84. The van der Waals surface area contributed by atoms with Crippen LogP contribution in [0.3, 0.4) is 0 Å². The third kappa shape index (κ3) is 3.83. The lowest BCUT2D eigenvalue weighted by atomic mass is 10.1. The highest BCUT2D eigenvalue weighted by Crippen LogP contribution is 2.19. The maximum absolute atomic E-state index is 13.6. The Labute approximate surface area is 155 Å². The summed E-state index contributed by atoms with van der Waals surface area (Å²) < 4.78 is 19.2. The SMILES string of the molecule is O=C(c1cnc(-c2ccncc2)nc1)N1CC(OCc2ccccc2F)C1. The quantitative estimate of drug-likeness (QED) is 0.696. The minimum Gasteiger partial charge on any atom is -0.370 e. The Hall–Kier alpha value is -3.19. The molecule has 0 bridgehead atoms. The average Bonchev–Trinajstić information content (AvgIpc) is 2.69. The smallest absolute Gasteiger partial charge is 0.257 e. The van der Waals surface area contributed by atoms with Crippen LogP contribution in [0, 0.1) is 5.82 Å². The molecule has 1 aromatic carbocycles. The van der Waals surface area contributed by atoms with Crippen molar-refractivity contribution in [3.63, 3.8) is 0 Å². The Morgan fingerprint density at radius 1 is 1.11 bits per heavy atom. The summed E-state index contributed by atoms with van der Waals surface area (Å²) in [5.74, 6) is 0.127. The molecule has 27 heavy (non-hydrogen) atoms.